The molecule has 0 spiro atoms. The molecule has 4 nitrogen and oxygen atoms in total. The molecule has 1 amide bonds. The molecule has 0 bridgehead atoms. The summed E-state index contributed by atoms with van der Waals surface area (Å²) < 4.78 is 18.9. The Morgan fingerprint density at radius 3 is 2.56 bits per heavy atom. The number of nitrogens with two attached hydrogens (primary N) is 1. The monoisotopic (exact) mass is 390 g/mol. The van der Waals surface area contributed by atoms with E-state index in [9.17, 15) is 9.18 Å². The number of primary amides is 1. The van der Waals surface area contributed by atoms with Gasteiger partial charge in [0.25, 0.3) is 0 Å². The Bertz CT molecular complexity index is 780. The van der Waals surface area contributed by atoms with E-state index in [4.69, 9.17) is 10.5 Å². The predicted molar refractivity (Wildman–Crippen MR) is 109 cm³/mol. The molecule has 1 saturated heterocycles. The topological polar surface area (TPSA) is 55.6 Å². The number of carbonyl (C=O) groups is 1. The normalized spacial score (nSPS) is 18.7. The first kappa shape index (κ1) is 21.3. The van der Waals surface area contributed by atoms with Crippen molar-refractivity contribution in [2.24, 2.45) is 11.1 Å². The molecular weight excluding hydrogens is 363 g/mol. The average molecular weight is 391 g/mol. The first-order chi connectivity index (χ1) is 12.3. The summed E-state index contributed by atoms with van der Waals surface area (Å²) in [4.78, 5) is 13.9. The van der Waals surface area contributed by atoms with Crippen molar-refractivity contribution in [2.75, 3.05) is 6.54 Å². The maximum Gasteiger partial charge on any atom is 0.234 e. The summed E-state index contributed by atoms with van der Waals surface area (Å²) in [7, 11) is 0. The number of hydrogen-bond acceptors (Lipinski definition) is 3. The lowest BCUT2D eigenvalue weighted by molar-refractivity contribution is -0.122. The maximum absolute atomic E-state index is 13.2. The molecule has 1 atom stereocenters. The van der Waals surface area contributed by atoms with Gasteiger partial charge in [-0.25, -0.2) is 4.39 Å². The van der Waals surface area contributed by atoms with Crippen LogP contribution < -0.4 is 10.5 Å². The van der Waals surface area contributed by atoms with Crippen molar-refractivity contribution in [1.29, 1.82) is 0 Å². The molecule has 0 aromatic heterocycles. The number of likely N-dealkylation sites (tertiary alicyclic amines) is 1. The van der Waals surface area contributed by atoms with Crippen molar-refractivity contribution in [3.8, 4) is 5.75 Å². The molecule has 0 unspecified atom stereocenters. The molecule has 2 aromatic rings. The van der Waals surface area contributed by atoms with Crippen LogP contribution in [0.5, 0.6) is 5.75 Å². The van der Waals surface area contributed by atoms with Crippen LogP contribution in [0.25, 0.3) is 0 Å². The van der Waals surface area contributed by atoms with E-state index in [1.165, 1.54) is 12.1 Å². The molecule has 6 heteroatoms. The average Bonchev–Trinajstić information content (AvgIpc) is 2.89. The summed E-state index contributed by atoms with van der Waals surface area (Å²) in [6.45, 7) is 6.17. The van der Waals surface area contributed by atoms with Gasteiger partial charge in [-0.05, 0) is 47.2 Å². The number of rotatable bonds is 6. The van der Waals surface area contributed by atoms with Gasteiger partial charge in [0.15, 0.2) is 0 Å². The van der Waals surface area contributed by atoms with Crippen molar-refractivity contribution in [1.82, 2.24) is 4.90 Å². The number of carbonyl (C=O) groups excluding carboxylic acids is 1. The number of ether oxygens (including phenoxy) is 1. The summed E-state index contributed by atoms with van der Waals surface area (Å²) in [5, 5.41) is 0. The molecule has 2 N–H and O–H groups in total. The Labute approximate surface area is 167 Å². The first-order valence-corrected chi connectivity index (χ1v) is 8.82. The lowest BCUT2D eigenvalue weighted by Crippen LogP contribution is -2.39. The third-order valence-corrected chi connectivity index (χ3v) is 4.75. The Hall–Kier alpha value is -2.05. The van der Waals surface area contributed by atoms with Crippen LogP contribution in [0.2, 0.25) is 0 Å². The summed E-state index contributed by atoms with van der Waals surface area (Å²) >= 11 is 0. The summed E-state index contributed by atoms with van der Waals surface area (Å²) in [6, 6.07) is 13.9. The van der Waals surface area contributed by atoms with Gasteiger partial charge in [-0.1, -0.05) is 38.1 Å². The first-order valence-electron chi connectivity index (χ1n) is 8.82. The molecule has 1 aliphatic rings. The fraction of sp³-hybridized carbons (Fsp3) is 0.381. The Balaban J connectivity index is 0.00000261. The number of hydrogen-bond donors (Lipinski definition) is 1. The van der Waals surface area contributed by atoms with Crippen molar-refractivity contribution >= 4 is 19.4 Å². The van der Waals surface area contributed by atoms with E-state index in [1.807, 2.05) is 30.3 Å². The van der Waals surface area contributed by atoms with E-state index >= 15 is 0 Å². The molecule has 1 aliphatic heterocycles. The van der Waals surface area contributed by atoms with E-state index in [0.29, 0.717) is 13.2 Å². The van der Waals surface area contributed by atoms with Crippen LogP contribution in [-0.2, 0) is 17.9 Å². The highest BCUT2D eigenvalue weighted by Gasteiger charge is 2.40. The highest BCUT2D eigenvalue weighted by molar-refractivity contribution is 7.59. The van der Waals surface area contributed by atoms with E-state index in [2.05, 4.69) is 18.7 Å². The van der Waals surface area contributed by atoms with Crippen LogP contribution in [-0.4, -0.2) is 23.4 Å². The van der Waals surface area contributed by atoms with Gasteiger partial charge in [-0.3, -0.25) is 9.69 Å². The van der Waals surface area contributed by atoms with E-state index in [1.54, 1.807) is 6.07 Å². The van der Waals surface area contributed by atoms with Gasteiger partial charge in [-0.15, -0.1) is 0 Å². The lowest BCUT2D eigenvalue weighted by Gasteiger charge is -2.22. The number of amides is 1. The molecule has 146 valence electrons. The van der Waals surface area contributed by atoms with Crippen LogP contribution in [0.1, 0.15) is 31.4 Å². The minimum atomic E-state index is -0.265. The lowest BCUT2D eigenvalue weighted by atomic mass is 9.90. The van der Waals surface area contributed by atoms with Gasteiger partial charge in [0.1, 0.15) is 18.2 Å². The van der Waals surface area contributed by atoms with Gasteiger partial charge in [0.2, 0.25) is 5.91 Å². The summed E-state index contributed by atoms with van der Waals surface area (Å²) in [6.07, 6.45) is 0.789. The quantitative estimate of drug-likeness (QED) is 0.820. The van der Waals surface area contributed by atoms with E-state index in [0.717, 1.165) is 29.8 Å². The minimum Gasteiger partial charge on any atom is -0.489 e. The summed E-state index contributed by atoms with van der Waals surface area (Å²) in [5.74, 6) is 0.204. The number of nitrogens with zero attached hydrogens (tertiary/aromatic N) is 1. The smallest absolute Gasteiger partial charge is 0.234 e. The third-order valence-electron chi connectivity index (χ3n) is 4.75. The fourth-order valence-corrected chi connectivity index (χ4v) is 3.54. The zero-order valence-electron chi connectivity index (χ0n) is 15.7. The highest BCUT2D eigenvalue weighted by atomic mass is 32.1. The fourth-order valence-electron chi connectivity index (χ4n) is 3.54. The van der Waals surface area contributed by atoms with E-state index in [-0.39, 0.29) is 36.7 Å². The Kier molecular flexibility index (Phi) is 6.89. The van der Waals surface area contributed by atoms with Crippen molar-refractivity contribution < 1.29 is 13.9 Å². The van der Waals surface area contributed by atoms with Gasteiger partial charge in [0, 0.05) is 13.1 Å². The second-order valence-corrected chi connectivity index (χ2v) is 7.75. The van der Waals surface area contributed by atoms with E-state index < -0.39 is 0 Å². The van der Waals surface area contributed by atoms with Crippen molar-refractivity contribution in [2.45, 2.75) is 39.5 Å². The van der Waals surface area contributed by atoms with Crippen molar-refractivity contribution in [3.05, 3.63) is 65.5 Å². The van der Waals surface area contributed by atoms with Gasteiger partial charge >= 0.3 is 0 Å². The molecule has 1 fully saturated rings. The maximum atomic E-state index is 13.2. The van der Waals surface area contributed by atoms with Gasteiger partial charge < -0.3 is 10.5 Å². The largest absolute Gasteiger partial charge is 0.489 e. The third kappa shape index (κ3) is 5.71. The molecule has 0 radical (unpaired) electrons. The summed E-state index contributed by atoms with van der Waals surface area (Å²) in [5.41, 5.74) is 7.55. The second kappa shape index (κ2) is 8.76. The molecular formula is C21H27FN2O2S. The molecule has 0 saturated carbocycles. The standard InChI is InChI=1S/C21H25FN2O2.H2S/c1-21(2)11-19(20(23)25)24(14-21)12-15-6-8-18(9-7-15)26-13-16-4-3-5-17(22)10-16;/h3-10,19H,11-14H2,1-2H3,(H2,23,25);1H2/t19-;/m0./s1. The number of halogens is 1. The molecule has 1 heterocycles. The van der Waals surface area contributed by atoms with Gasteiger partial charge in [-0.2, -0.15) is 13.5 Å². The van der Waals surface area contributed by atoms with Gasteiger partial charge in [0.05, 0.1) is 6.04 Å². The van der Waals surface area contributed by atoms with Crippen LogP contribution >= 0.6 is 13.5 Å². The Morgan fingerprint density at radius 1 is 1.22 bits per heavy atom. The molecule has 0 aliphatic carbocycles. The highest BCUT2D eigenvalue weighted by Crippen LogP contribution is 2.34. The molecule has 3 rings (SSSR count). The molecule has 2 aromatic carbocycles. The Morgan fingerprint density at radius 2 is 1.93 bits per heavy atom. The van der Waals surface area contributed by atoms with Crippen LogP contribution in [0.3, 0.4) is 0 Å². The molecule has 27 heavy (non-hydrogen) atoms. The number of benzene rings is 2. The predicted octanol–water partition coefficient (Wildman–Crippen LogP) is 3.60. The SMILES string of the molecule is CC1(C)C[C@@H](C(N)=O)N(Cc2ccc(OCc3cccc(F)c3)cc2)C1.S. The minimum absolute atomic E-state index is 0. The zero-order valence-corrected chi connectivity index (χ0v) is 16.7. The van der Waals surface area contributed by atoms with Crippen LogP contribution in [0, 0.1) is 11.2 Å². The second-order valence-electron chi connectivity index (χ2n) is 7.75. The zero-order chi connectivity index (χ0) is 18.7. The van der Waals surface area contributed by atoms with Crippen molar-refractivity contribution in [3.63, 3.8) is 0 Å². The van der Waals surface area contributed by atoms with Crippen LogP contribution in [0.15, 0.2) is 48.5 Å². The van der Waals surface area contributed by atoms with Crippen LogP contribution in [0.4, 0.5) is 4.39 Å².